The minimum Gasteiger partial charge on any atom is -0.384 e. The van der Waals surface area contributed by atoms with Gasteiger partial charge in [-0.1, -0.05) is 68.9 Å². The number of aliphatic hydroxyl groups excluding tert-OH is 1. The fourth-order valence-electron chi connectivity index (χ4n) is 0.873. The average molecular weight is 304 g/mol. The molecule has 72 valence electrons. The van der Waals surface area contributed by atoms with Crippen LogP contribution in [0.2, 0.25) is 0 Å². The third-order valence-corrected chi connectivity index (χ3v) is 2.85. The van der Waals surface area contributed by atoms with Gasteiger partial charge in [-0.3, -0.25) is 0 Å². The molecule has 5 heteroatoms. The van der Waals surface area contributed by atoms with Crippen LogP contribution in [0.25, 0.3) is 0 Å². The Morgan fingerprint density at radius 3 is 2.23 bits per heavy atom. The van der Waals surface area contributed by atoms with Gasteiger partial charge in [0.1, 0.15) is 6.10 Å². The first-order chi connectivity index (χ1) is 5.93. The summed E-state index contributed by atoms with van der Waals surface area (Å²) in [5.74, 6) is 0. The van der Waals surface area contributed by atoms with Gasteiger partial charge in [0.2, 0.25) is 3.79 Å². The molecule has 1 aromatic rings. The molecule has 1 aromatic carbocycles. The smallest absolute Gasteiger partial charge is 0.220 e. The van der Waals surface area contributed by atoms with Gasteiger partial charge in [-0.15, -0.1) is 0 Å². The van der Waals surface area contributed by atoms with Gasteiger partial charge >= 0.3 is 0 Å². The third-order valence-electron chi connectivity index (χ3n) is 1.51. The van der Waals surface area contributed by atoms with Crippen LogP contribution < -0.4 is 0 Å². The lowest BCUT2D eigenvalue weighted by atomic mass is 10.1. The highest BCUT2D eigenvalue weighted by atomic mass is 79.9. The Labute approximate surface area is 99.7 Å². The van der Waals surface area contributed by atoms with E-state index in [9.17, 15) is 5.11 Å². The zero-order valence-electron chi connectivity index (χ0n) is 6.35. The van der Waals surface area contributed by atoms with E-state index in [0.717, 1.165) is 0 Å². The Hall–Kier alpha value is 0.530. The van der Waals surface area contributed by atoms with Crippen molar-refractivity contribution in [3.05, 3.63) is 34.3 Å². The number of rotatable bonds is 1. The zero-order chi connectivity index (χ0) is 10.1. The number of halogens is 4. The maximum atomic E-state index is 9.61. The second kappa shape index (κ2) is 4.37. The molecule has 0 aliphatic heterocycles. The molecule has 13 heavy (non-hydrogen) atoms. The van der Waals surface area contributed by atoms with Gasteiger partial charge in [0.05, 0.1) is 0 Å². The van der Waals surface area contributed by atoms with Crippen LogP contribution >= 0.6 is 50.7 Å². The first-order valence-electron chi connectivity index (χ1n) is 3.42. The second-order valence-electron chi connectivity index (χ2n) is 2.47. The highest BCUT2D eigenvalue weighted by Crippen LogP contribution is 2.41. The second-order valence-corrected chi connectivity index (χ2v) is 5.69. The summed E-state index contributed by atoms with van der Waals surface area (Å²) in [5.41, 5.74) is 0.558. The Morgan fingerprint density at radius 1 is 1.23 bits per heavy atom. The summed E-state index contributed by atoms with van der Waals surface area (Å²) in [6.07, 6.45) is -1.13. The van der Waals surface area contributed by atoms with Gasteiger partial charge in [0, 0.05) is 4.47 Å². The van der Waals surface area contributed by atoms with E-state index < -0.39 is 9.90 Å². The van der Waals surface area contributed by atoms with E-state index in [1.807, 2.05) is 6.07 Å². The molecule has 0 spiro atoms. The molecule has 1 atom stereocenters. The van der Waals surface area contributed by atoms with Gasteiger partial charge < -0.3 is 5.11 Å². The van der Waals surface area contributed by atoms with Crippen molar-refractivity contribution >= 4 is 50.7 Å². The molecule has 0 fully saturated rings. The van der Waals surface area contributed by atoms with Crippen LogP contribution in [0, 0.1) is 0 Å². The molecular weight excluding hydrogens is 298 g/mol. The molecule has 1 rings (SSSR count). The van der Waals surface area contributed by atoms with E-state index in [1.54, 1.807) is 18.2 Å². The minimum absolute atomic E-state index is 0.558. The predicted octanol–water partition coefficient (Wildman–Crippen LogP) is 3.85. The molecule has 0 saturated carbocycles. The van der Waals surface area contributed by atoms with E-state index in [2.05, 4.69) is 15.9 Å². The summed E-state index contributed by atoms with van der Waals surface area (Å²) in [7, 11) is 0. The Morgan fingerprint density at radius 2 is 1.77 bits per heavy atom. The van der Waals surface area contributed by atoms with Crippen molar-refractivity contribution in [2.24, 2.45) is 0 Å². The Kier molecular flexibility index (Phi) is 3.90. The molecule has 0 aliphatic rings. The maximum Gasteiger partial charge on any atom is 0.220 e. The van der Waals surface area contributed by atoms with Crippen molar-refractivity contribution < 1.29 is 5.11 Å². The van der Waals surface area contributed by atoms with Crippen LogP contribution in [0.4, 0.5) is 0 Å². The molecule has 0 unspecified atom stereocenters. The van der Waals surface area contributed by atoms with E-state index in [0.29, 0.717) is 10.0 Å². The van der Waals surface area contributed by atoms with Crippen LogP contribution in [0.15, 0.2) is 28.7 Å². The van der Waals surface area contributed by atoms with E-state index in [-0.39, 0.29) is 0 Å². The van der Waals surface area contributed by atoms with E-state index in [4.69, 9.17) is 34.8 Å². The van der Waals surface area contributed by atoms with Crippen molar-refractivity contribution in [3.8, 4) is 0 Å². The number of hydrogen-bond donors (Lipinski definition) is 1. The maximum absolute atomic E-state index is 9.61. The highest BCUT2D eigenvalue weighted by molar-refractivity contribution is 9.10. The van der Waals surface area contributed by atoms with Crippen LogP contribution in [0.1, 0.15) is 11.7 Å². The Balaban J connectivity index is 3.02. The summed E-state index contributed by atoms with van der Waals surface area (Å²) in [5, 5.41) is 9.61. The van der Waals surface area contributed by atoms with E-state index >= 15 is 0 Å². The highest BCUT2D eigenvalue weighted by Gasteiger charge is 2.33. The van der Waals surface area contributed by atoms with Crippen LogP contribution in [0.3, 0.4) is 0 Å². The molecule has 0 saturated heterocycles. The lowest BCUT2D eigenvalue weighted by molar-refractivity contribution is 0.181. The van der Waals surface area contributed by atoms with Crippen molar-refractivity contribution in [2.45, 2.75) is 9.90 Å². The molecule has 1 nitrogen and oxygen atoms in total. The zero-order valence-corrected chi connectivity index (χ0v) is 10.2. The summed E-state index contributed by atoms with van der Waals surface area (Å²) in [6.45, 7) is 0. The molecule has 0 heterocycles. The lowest BCUT2D eigenvalue weighted by Gasteiger charge is -2.20. The number of benzene rings is 1. The van der Waals surface area contributed by atoms with Gasteiger partial charge in [-0.25, -0.2) is 0 Å². The SMILES string of the molecule is O[C@@H](c1ccccc1Br)C(Cl)(Cl)Cl. The minimum atomic E-state index is -1.70. The topological polar surface area (TPSA) is 20.2 Å². The van der Waals surface area contributed by atoms with Crippen LogP contribution in [-0.4, -0.2) is 8.90 Å². The Bertz CT molecular complexity index is 298. The molecule has 0 amide bonds. The molecule has 0 aromatic heterocycles. The largest absolute Gasteiger partial charge is 0.384 e. The molecule has 0 bridgehead atoms. The summed E-state index contributed by atoms with van der Waals surface area (Å²) < 4.78 is -0.988. The van der Waals surface area contributed by atoms with Gasteiger partial charge in [-0.2, -0.15) is 0 Å². The fraction of sp³-hybridized carbons (Fsp3) is 0.250. The first kappa shape index (κ1) is 11.6. The van der Waals surface area contributed by atoms with Crippen molar-refractivity contribution in [1.29, 1.82) is 0 Å². The predicted molar refractivity (Wildman–Crippen MR) is 59.4 cm³/mol. The quantitative estimate of drug-likeness (QED) is 0.781. The summed E-state index contributed by atoms with van der Waals surface area (Å²) >= 11 is 19.9. The van der Waals surface area contributed by atoms with Gasteiger partial charge in [-0.05, 0) is 11.6 Å². The van der Waals surface area contributed by atoms with Crippen molar-refractivity contribution in [1.82, 2.24) is 0 Å². The third kappa shape index (κ3) is 3.00. The molecule has 0 radical (unpaired) electrons. The number of hydrogen-bond acceptors (Lipinski definition) is 1. The van der Waals surface area contributed by atoms with Crippen molar-refractivity contribution in [3.63, 3.8) is 0 Å². The standard InChI is InChI=1S/C8H6BrCl3O/c9-6-4-2-1-3-5(6)7(13)8(10,11)12/h1-4,7,13H/t7-/m0/s1. The first-order valence-corrected chi connectivity index (χ1v) is 5.35. The van der Waals surface area contributed by atoms with Gasteiger partial charge in [0.25, 0.3) is 0 Å². The molecular formula is C8H6BrCl3O. The number of alkyl halides is 3. The lowest BCUT2D eigenvalue weighted by Crippen LogP contribution is -2.16. The normalized spacial score (nSPS) is 14.2. The van der Waals surface area contributed by atoms with Crippen LogP contribution in [-0.2, 0) is 0 Å². The molecule has 1 N–H and O–H groups in total. The van der Waals surface area contributed by atoms with E-state index in [1.165, 1.54) is 0 Å². The monoisotopic (exact) mass is 302 g/mol. The van der Waals surface area contributed by atoms with Gasteiger partial charge in [0.15, 0.2) is 0 Å². The average Bonchev–Trinajstić information content (AvgIpc) is 2.02. The van der Waals surface area contributed by atoms with Crippen LogP contribution in [0.5, 0.6) is 0 Å². The van der Waals surface area contributed by atoms with Crippen molar-refractivity contribution in [2.75, 3.05) is 0 Å². The summed E-state index contributed by atoms with van der Waals surface area (Å²) in [4.78, 5) is 0. The fourth-order valence-corrected chi connectivity index (χ4v) is 1.73. The molecule has 0 aliphatic carbocycles. The summed E-state index contributed by atoms with van der Waals surface area (Å²) in [6, 6.07) is 7.05. The number of aliphatic hydroxyl groups is 1.